The molecule has 0 bridgehead atoms. The lowest BCUT2D eigenvalue weighted by molar-refractivity contribution is -0.132. The van der Waals surface area contributed by atoms with Crippen molar-refractivity contribution in [3.63, 3.8) is 0 Å². The number of thioether (sulfide) groups is 1. The highest BCUT2D eigenvalue weighted by Crippen LogP contribution is 2.45. The number of amides is 1. The van der Waals surface area contributed by atoms with Crippen LogP contribution < -0.4 is 4.90 Å². The molecule has 1 aliphatic rings. The van der Waals surface area contributed by atoms with Gasteiger partial charge < -0.3 is 5.11 Å². The van der Waals surface area contributed by atoms with Gasteiger partial charge in [-0.1, -0.05) is 70.6 Å². The van der Waals surface area contributed by atoms with Crippen molar-refractivity contribution >= 4 is 80.2 Å². The maximum Gasteiger partial charge on any atom is 0.301 e. The van der Waals surface area contributed by atoms with Crippen LogP contribution in [0, 0.1) is 0 Å². The van der Waals surface area contributed by atoms with Crippen molar-refractivity contribution in [2.24, 2.45) is 0 Å². The second kappa shape index (κ2) is 10.1. The number of nitrogens with zero attached hydrogens (tertiary/aromatic N) is 3. The molecule has 1 atom stereocenters. The molecule has 1 amide bonds. The molecule has 35 heavy (non-hydrogen) atoms. The lowest BCUT2D eigenvalue weighted by Crippen LogP contribution is -2.29. The lowest BCUT2D eigenvalue weighted by Gasteiger charge is -2.20. The van der Waals surface area contributed by atoms with Crippen LogP contribution >= 0.6 is 57.6 Å². The Labute approximate surface area is 222 Å². The minimum Gasteiger partial charge on any atom is -0.507 e. The largest absolute Gasteiger partial charge is 0.507 e. The van der Waals surface area contributed by atoms with Crippen LogP contribution in [0.4, 0.5) is 5.13 Å². The van der Waals surface area contributed by atoms with Crippen molar-refractivity contribution in [1.29, 1.82) is 0 Å². The van der Waals surface area contributed by atoms with Gasteiger partial charge in [0, 0.05) is 26.2 Å². The molecule has 1 saturated heterocycles. The fraction of sp³-hybridized carbons (Fsp3) is 0.0833. The van der Waals surface area contributed by atoms with Gasteiger partial charge in [0.25, 0.3) is 5.78 Å². The zero-order valence-corrected chi connectivity index (χ0v) is 21.7. The molecule has 1 fully saturated rings. The maximum absolute atomic E-state index is 13.2. The molecule has 6 nitrogen and oxygen atoms in total. The van der Waals surface area contributed by atoms with Crippen molar-refractivity contribution in [2.75, 3.05) is 4.90 Å². The van der Waals surface area contributed by atoms with Crippen molar-refractivity contribution in [1.82, 2.24) is 10.2 Å². The highest BCUT2D eigenvalue weighted by Gasteiger charge is 2.48. The fourth-order valence-electron chi connectivity index (χ4n) is 3.62. The summed E-state index contributed by atoms with van der Waals surface area (Å²) in [4.78, 5) is 28.3. The average Bonchev–Trinajstić information content (AvgIpc) is 3.60. The summed E-state index contributed by atoms with van der Waals surface area (Å²) < 4.78 is 0.629. The molecule has 3 heterocycles. The number of thiophene rings is 1. The third-order valence-electron chi connectivity index (χ3n) is 5.29. The van der Waals surface area contributed by atoms with E-state index in [-0.39, 0.29) is 16.5 Å². The van der Waals surface area contributed by atoms with Gasteiger partial charge in [-0.15, -0.1) is 21.5 Å². The van der Waals surface area contributed by atoms with E-state index in [1.54, 1.807) is 24.3 Å². The molecule has 1 aliphatic heterocycles. The number of ketones is 1. The van der Waals surface area contributed by atoms with Crippen LogP contribution in [0.15, 0.2) is 76.0 Å². The van der Waals surface area contributed by atoms with Crippen molar-refractivity contribution in [3.05, 3.63) is 97.7 Å². The molecule has 2 aromatic heterocycles. The second-order valence-corrected chi connectivity index (χ2v) is 11.4. The van der Waals surface area contributed by atoms with E-state index in [4.69, 9.17) is 23.2 Å². The Morgan fingerprint density at radius 3 is 2.51 bits per heavy atom. The number of rotatable bonds is 6. The van der Waals surface area contributed by atoms with E-state index in [9.17, 15) is 14.7 Å². The number of carbonyl (C=O) groups is 2. The number of aliphatic hydroxyl groups excluding tert-OH is 1. The summed E-state index contributed by atoms with van der Waals surface area (Å²) in [5, 5.41) is 22.8. The van der Waals surface area contributed by atoms with E-state index < -0.39 is 17.7 Å². The summed E-state index contributed by atoms with van der Waals surface area (Å²) in [6.07, 6.45) is 0. The monoisotopic (exact) mass is 559 g/mol. The Hall–Kier alpha value is -2.69. The molecule has 176 valence electrons. The summed E-state index contributed by atoms with van der Waals surface area (Å²) in [7, 11) is 0. The molecule has 5 rings (SSSR count). The van der Waals surface area contributed by atoms with Crippen molar-refractivity contribution < 1.29 is 14.7 Å². The van der Waals surface area contributed by atoms with Crippen LogP contribution in [0.1, 0.15) is 22.0 Å². The highest BCUT2D eigenvalue weighted by molar-refractivity contribution is 8.00. The Kier molecular flexibility index (Phi) is 6.95. The van der Waals surface area contributed by atoms with E-state index in [1.165, 1.54) is 39.3 Å². The first-order valence-corrected chi connectivity index (χ1v) is 13.7. The van der Waals surface area contributed by atoms with E-state index in [2.05, 4.69) is 10.2 Å². The summed E-state index contributed by atoms with van der Waals surface area (Å²) >= 11 is 16.2. The van der Waals surface area contributed by atoms with Gasteiger partial charge in [0.05, 0.1) is 5.57 Å². The van der Waals surface area contributed by atoms with Crippen LogP contribution in [-0.4, -0.2) is 27.0 Å². The predicted octanol–water partition coefficient (Wildman–Crippen LogP) is 6.83. The quantitative estimate of drug-likeness (QED) is 0.0916. The first kappa shape index (κ1) is 24.0. The van der Waals surface area contributed by atoms with E-state index >= 15 is 0 Å². The van der Waals surface area contributed by atoms with Crippen LogP contribution in [-0.2, 0) is 15.3 Å². The Morgan fingerprint density at radius 1 is 1.03 bits per heavy atom. The highest BCUT2D eigenvalue weighted by atomic mass is 35.5. The number of aromatic nitrogens is 2. The van der Waals surface area contributed by atoms with Gasteiger partial charge in [-0.2, -0.15) is 0 Å². The molecule has 4 aromatic rings. The zero-order chi connectivity index (χ0) is 24.5. The minimum atomic E-state index is -0.819. The van der Waals surface area contributed by atoms with Gasteiger partial charge in [-0.25, -0.2) is 0 Å². The third-order valence-corrected chi connectivity index (χ3v) is 8.94. The molecule has 1 N–H and O–H groups in total. The SMILES string of the molecule is O=C1C(=O)N(c2nnc(SCc3ccccc3Cl)s2)C(c2cccs2)/C1=C(/O)c1ccc(Cl)cc1. The van der Waals surface area contributed by atoms with Gasteiger partial charge >= 0.3 is 5.91 Å². The number of aliphatic hydroxyl groups is 1. The number of hydrogen-bond donors (Lipinski definition) is 1. The van der Waals surface area contributed by atoms with Crippen LogP contribution in [0.5, 0.6) is 0 Å². The third kappa shape index (κ3) is 4.74. The standard InChI is InChI=1S/C24H15Cl2N3O3S3/c25-15-9-7-13(8-10-15)20(30)18-19(17-6-3-11-33-17)29(22(32)21(18)31)23-27-28-24(35-23)34-12-14-4-1-2-5-16(14)26/h1-11,19,30H,12H2/b20-18-. The van der Waals surface area contributed by atoms with E-state index in [1.807, 2.05) is 41.8 Å². The first-order chi connectivity index (χ1) is 16.9. The molecule has 0 radical (unpaired) electrons. The molecule has 0 saturated carbocycles. The summed E-state index contributed by atoms with van der Waals surface area (Å²) in [6, 6.07) is 16.8. The number of Topliss-reactive ketones (excluding diaryl/α,β-unsaturated/α-hetero) is 1. The van der Waals surface area contributed by atoms with Gasteiger partial charge in [0.2, 0.25) is 5.13 Å². The predicted molar refractivity (Wildman–Crippen MR) is 141 cm³/mol. The van der Waals surface area contributed by atoms with Crippen molar-refractivity contribution in [3.8, 4) is 0 Å². The minimum absolute atomic E-state index is 0.000225. The number of benzene rings is 2. The normalized spacial score (nSPS) is 17.3. The maximum atomic E-state index is 13.2. The van der Waals surface area contributed by atoms with Crippen LogP contribution in [0.2, 0.25) is 10.0 Å². The van der Waals surface area contributed by atoms with Gasteiger partial charge in [-0.05, 0) is 47.3 Å². The van der Waals surface area contributed by atoms with E-state index in [0.29, 0.717) is 25.7 Å². The summed E-state index contributed by atoms with van der Waals surface area (Å²) in [5.74, 6) is -1.23. The number of carbonyl (C=O) groups excluding carboxylic acids is 2. The fourth-order valence-corrected chi connectivity index (χ4v) is 6.73. The smallest absolute Gasteiger partial charge is 0.301 e. The zero-order valence-electron chi connectivity index (χ0n) is 17.7. The number of anilines is 1. The van der Waals surface area contributed by atoms with Crippen LogP contribution in [0.3, 0.4) is 0 Å². The summed E-state index contributed by atoms with van der Waals surface area (Å²) in [6.45, 7) is 0. The molecule has 0 aliphatic carbocycles. The molecule has 0 spiro atoms. The second-order valence-electron chi connectivity index (χ2n) is 7.42. The van der Waals surface area contributed by atoms with Crippen LogP contribution in [0.25, 0.3) is 5.76 Å². The molecule has 2 aromatic carbocycles. The molecular formula is C24H15Cl2N3O3S3. The number of hydrogen-bond acceptors (Lipinski definition) is 8. The molecule has 1 unspecified atom stereocenters. The van der Waals surface area contributed by atoms with Gasteiger partial charge in [-0.3, -0.25) is 14.5 Å². The first-order valence-electron chi connectivity index (χ1n) is 10.2. The van der Waals surface area contributed by atoms with Crippen molar-refractivity contribution in [2.45, 2.75) is 16.1 Å². The molecule has 11 heteroatoms. The van der Waals surface area contributed by atoms with Gasteiger partial charge in [0.1, 0.15) is 11.8 Å². The average molecular weight is 561 g/mol. The number of halogens is 2. The Balaban J connectivity index is 1.51. The topological polar surface area (TPSA) is 83.4 Å². The Bertz CT molecular complexity index is 1440. The summed E-state index contributed by atoms with van der Waals surface area (Å²) in [5.41, 5.74) is 1.35. The van der Waals surface area contributed by atoms with E-state index in [0.717, 1.165) is 10.4 Å². The van der Waals surface area contributed by atoms with Gasteiger partial charge in [0.15, 0.2) is 4.34 Å². The lowest BCUT2D eigenvalue weighted by atomic mass is 10.00. The Morgan fingerprint density at radius 2 is 1.80 bits per heavy atom. The molecular weight excluding hydrogens is 545 g/mol.